The van der Waals surface area contributed by atoms with E-state index in [1.807, 2.05) is 0 Å². The van der Waals surface area contributed by atoms with Crippen LogP contribution in [0.15, 0.2) is 96.4 Å². The van der Waals surface area contributed by atoms with Crippen LogP contribution in [0.25, 0.3) is 0 Å². The second-order valence-corrected chi connectivity index (χ2v) is 8.65. The van der Waals surface area contributed by atoms with E-state index >= 15 is 0 Å². The van der Waals surface area contributed by atoms with Gasteiger partial charge in [-0.1, -0.05) is 42.5 Å². The molecule has 3 aromatic rings. The van der Waals surface area contributed by atoms with Crippen molar-refractivity contribution in [3.63, 3.8) is 0 Å². The summed E-state index contributed by atoms with van der Waals surface area (Å²) in [5.74, 6) is -2.26. The Labute approximate surface area is 191 Å². The smallest absolute Gasteiger partial charge is 0.338 e. The molecule has 0 aliphatic carbocycles. The number of benzene rings is 3. The number of anilines is 2. The minimum Gasteiger partial charge on any atom is -0.452 e. The predicted molar refractivity (Wildman–Crippen MR) is 123 cm³/mol. The Balaban J connectivity index is 1.74. The molecular weight excluding hydrogens is 447 g/mol. The molecule has 0 saturated carbocycles. The van der Waals surface area contributed by atoms with Crippen LogP contribution in [0, 0.1) is 5.82 Å². The highest BCUT2D eigenvalue weighted by atomic mass is 32.2. The Kier molecular flexibility index (Phi) is 7.57. The molecule has 1 amide bonds. The molecule has 3 aromatic carbocycles. The van der Waals surface area contributed by atoms with Crippen molar-refractivity contribution in [1.82, 2.24) is 0 Å². The van der Waals surface area contributed by atoms with Crippen molar-refractivity contribution in [3.05, 3.63) is 103 Å². The van der Waals surface area contributed by atoms with Crippen LogP contribution in [0.1, 0.15) is 10.4 Å². The number of hydrogen-bond acceptors (Lipinski definition) is 5. The van der Waals surface area contributed by atoms with Gasteiger partial charge >= 0.3 is 5.97 Å². The van der Waals surface area contributed by atoms with Crippen LogP contribution >= 0.6 is 0 Å². The van der Waals surface area contributed by atoms with E-state index in [2.05, 4.69) is 11.9 Å². The number of nitrogens with one attached hydrogen (secondary N) is 1. The summed E-state index contributed by atoms with van der Waals surface area (Å²) in [5, 5.41) is 2.30. The zero-order valence-electron chi connectivity index (χ0n) is 17.5. The summed E-state index contributed by atoms with van der Waals surface area (Å²) >= 11 is 0. The second kappa shape index (κ2) is 10.6. The molecule has 1 N–H and O–H groups in total. The number of carbonyl (C=O) groups is 2. The first kappa shape index (κ1) is 23.7. The van der Waals surface area contributed by atoms with Crippen LogP contribution in [0.2, 0.25) is 0 Å². The molecule has 9 heteroatoms. The molecule has 0 bridgehead atoms. The summed E-state index contributed by atoms with van der Waals surface area (Å²) in [4.78, 5) is 24.3. The Morgan fingerprint density at radius 2 is 1.70 bits per heavy atom. The number of nitrogens with zero attached hydrogens (tertiary/aromatic N) is 1. The molecule has 0 saturated heterocycles. The fourth-order valence-electron chi connectivity index (χ4n) is 2.93. The fraction of sp³-hybridized carbons (Fsp3) is 0.0833. The van der Waals surface area contributed by atoms with Crippen molar-refractivity contribution in [2.75, 3.05) is 22.8 Å². The zero-order valence-corrected chi connectivity index (χ0v) is 18.3. The van der Waals surface area contributed by atoms with Gasteiger partial charge in [0.25, 0.3) is 15.9 Å². The van der Waals surface area contributed by atoms with Crippen LogP contribution in [-0.4, -0.2) is 33.4 Å². The minimum absolute atomic E-state index is 0.0250. The van der Waals surface area contributed by atoms with Gasteiger partial charge in [-0.05, 0) is 42.5 Å². The third kappa shape index (κ3) is 5.83. The van der Waals surface area contributed by atoms with E-state index in [0.717, 1.165) is 4.31 Å². The lowest BCUT2D eigenvalue weighted by atomic mass is 10.2. The highest BCUT2D eigenvalue weighted by Gasteiger charge is 2.25. The number of halogens is 1. The summed E-state index contributed by atoms with van der Waals surface area (Å²) in [5.41, 5.74) is 0.339. The first-order valence-corrected chi connectivity index (χ1v) is 11.3. The molecule has 0 atom stereocenters. The van der Waals surface area contributed by atoms with Crippen molar-refractivity contribution in [2.24, 2.45) is 0 Å². The predicted octanol–water partition coefficient (Wildman–Crippen LogP) is 4.00. The van der Waals surface area contributed by atoms with E-state index in [-0.39, 0.29) is 22.7 Å². The summed E-state index contributed by atoms with van der Waals surface area (Å²) in [6.45, 7) is 2.97. The molecule has 0 unspecified atom stereocenters. The average Bonchev–Trinajstić information content (AvgIpc) is 2.83. The zero-order chi connectivity index (χ0) is 23.8. The van der Waals surface area contributed by atoms with Crippen molar-refractivity contribution >= 4 is 33.3 Å². The fourth-order valence-corrected chi connectivity index (χ4v) is 4.41. The maximum absolute atomic E-state index is 13.6. The summed E-state index contributed by atoms with van der Waals surface area (Å²) in [6.07, 6.45) is 1.46. The topological polar surface area (TPSA) is 92.8 Å². The van der Waals surface area contributed by atoms with Gasteiger partial charge in [-0.3, -0.25) is 9.10 Å². The van der Waals surface area contributed by atoms with Gasteiger partial charge in [0.2, 0.25) is 0 Å². The number of sulfonamides is 1. The summed E-state index contributed by atoms with van der Waals surface area (Å²) in [6, 6.07) is 19.3. The second-order valence-electron chi connectivity index (χ2n) is 6.79. The summed E-state index contributed by atoms with van der Waals surface area (Å²) < 4.78 is 46.2. The van der Waals surface area contributed by atoms with E-state index in [9.17, 15) is 22.4 Å². The van der Waals surface area contributed by atoms with E-state index < -0.39 is 34.3 Å². The first-order chi connectivity index (χ1) is 15.8. The van der Waals surface area contributed by atoms with Crippen molar-refractivity contribution in [1.29, 1.82) is 0 Å². The van der Waals surface area contributed by atoms with Gasteiger partial charge in [-0.2, -0.15) is 0 Å². The van der Waals surface area contributed by atoms with Gasteiger partial charge in [0, 0.05) is 0 Å². The maximum atomic E-state index is 13.6. The molecule has 170 valence electrons. The Bertz CT molecular complexity index is 1260. The Morgan fingerprint density at radius 3 is 2.39 bits per heavy atom. The number of rotatable bonds is 9. The molecule has 7 nitrogen and oxygen atoms in total. The third-order valence-electron chi connectivity index (χ3n) is 4.48. The summed E-state index contributed by atoms with van der Waals surface area (Å²) in [7, 11) is -4.02. The van der Waals surface area contributed by atoms with Gasteiger partial charge in [0.1, 0.15) is 5.82 Å². The highest BCUT2D eigenvalue weighted by Crippen LogP contribution is 2.24. The number of hydrogen-bond donors (Lipinski definition) is 1. The Morgan fingerprint density at radius 1 is 1.00 bits per heavy atom. The monoisotopic (exact) mass is 468 g/mol. The maximum Gasteiger partial charge on any atom is 0.338 e. The van der Waals surface area contributed by atoms with Gasteiger partial charge in [-0.15, -0.1) is 6.58 Å². The lowest BCUT2D eigenvalue weighted by Gasteiger charge is -2.23. The normalized spacial score (nSPS) is 10.8. The third-order valence-corrected chi connectivity index (χ3v) is 6.27. The van der Waals surface area contributed by atoms with E-state index in [0.29, 0.717) is 5.69 Å². The molecule has 0 spiro atoms. The van der Waals surface area contributed by atoms with Crippen molar-refractivity contribution < 1.29 is 27.1 Å². The Hall–Kier alpha value is -3.98. The number of esters is 1. The molecule has 33 heavy (non-hydrogen) atoms. The van der Waals surface area contributed by atoms with Gasteiger partial charge in [0.05, 0.1) is 28.4 Å². The van der Waals surface area contributed by atoms with E-state index in [4.69, 9.17) is 4.74 Å². The lowest BCUT2D eigenvalue weighted by Crippen LogP contribution is -2.31. The van der Waals surface area contributed by atoms with Gasteiger partial charge < -0.3 is 10.1 Å². The van der Waals surface area contributed by atoms with Crippen molar-refractivity contribution in [3.8, 4) is 0 Å². The standard InChI is InChI=1S/C24H21FN2O5S/c1-2-15-27(19-10-4-3-5-11-19)33(30,31)20-12-8-9-18(16-20)24(29)32-17-23(28)26-22-14-7-6-13-21(22)25/h2-14,16H,1,15,17H2,(H,26,28). The van der Waals surface area contributed by atoms with Crippen LogP contribution < -0.4 is 9.62 Å². The van der Waals surface area contributed by atoms with Gasteiger partial charge in [-0.25, -0.2) is 17.6 Å². The molecule has 3 rings (SSSR count). The molecule has 0 aliphatic rings. The molecule has 0 heterocycles. The number of amides is 1. The molecule has 0 aliphatic heterocycles. The van der Waals surface area contributed by atoms with E-state index in [1.54, 1.807) is 36.4 Å². The number of para-hydroxylation sites is 2. The highest BCUT2D eigenvalue weighted by molar-refractivity contribution is 7.92. The molecule has 0 aromatic heterocycles. The first-order valence-electron chi connectivity index (χ1n) is 9.83. The van der Waals surface area contributed by atoms with Crippen LogP contribution in [0.3, 0.4) is 0 Å². The largest absolute Gasteiger partial charge is 0.452 e. The van der Waals surface area contributed by atoms with Crippen LogP contribution in [0.4, 0.5) is 15.8 Å². The van der Waals surface area contributed by atoms with Crippen LogP contribution in [-0.2, 0) is 19.6 Å². The SMILES string of the molecule is C=CCN(c1ccccc1)S(=O)(=O)c1cccc(C(=O)OCC(=O)Nc2ccccc2F)c1. The van der Waals surface area contributed by atoms with Gasteiger partial charge in [0.15, 0.2) is 6.61 Å². The minimum atomic E-state index is -4.02. The molecule has 0 fully saturated rings. The van der Waals surface area contributed by atoms with Crippen LogP contribution in [0.5, 0.6) is 0 Å². The number of carbonyl (C=O) groups excluding carboxylic acids is 2. The van der Waals surface area contributed by atoms with E-state index in [1.165, 1.54) is 48.5 Å². The lowest BCUT2D eigenvalue weighted by molar-refractivity contribution is -0.119. The molecule has 0 radical (unpaired) electrons. The quantitative estimate of drug-likeness (QED) is 0.379. The molecular formula is C24H21FN2O5S. The van der Waals surface area contributed by atoms with Crippen molar-refractivity contribution in [2.45, 2.75) is 4.90 Å². The number of ether oxygens (including phenoxy) is 1. The average molecular weight is 469 g/mol.